The predicted molar refractivity (Wildman–Crippen MR) is 74.1 cm³/mol. The Hall–Kier alpha value is -1.94. The van der Waals surface area contributed by atoms with Gasteiger partial charge in [0.1, 0.15) is 6.10 Å². The minimum Gasteiger partial charge on any atom is -0.486 e. The van der Waals surface area contributed by atoms with E-state index >= 15 is 0 Å². The van der Waals surface area contributed by atoms with E-state index in [0.717, 1.165) is 36.6 Å². The number of benzene rings is 1. The van der Waals surface area contributed by atoms with Gasteiger partial charge < -0.3 is 10.1 Å². The van der Waals surface area contributed by atoms with Gasteiger partial charge >= 0.3 is 0 Å². The predicted octanol–water partition coefficient (Wildman–Crippen LogP) is 2.19. The second-order valence-corrected chi connectivity index (χ2v) is 4.84. The zero-order valence-corrected chi connectivity index (χ0v) is 11.0. The third-order valence-corrected chi connectivity index (χ3v) is 3.22. The lowest BCUT2D eigenvalue weighted by Crippen LogP contribution is -2.19. The molecule has 1 aromatic heterocycles. The third-order valence-electron chi connectivity index (χ3n) is 3.22. The number of hydrogen-bond donors (Lipinski definition) is 1. The van der Waals surface area contributed by atoms with Gasteiger partial charge in [0.25, 0.3) is 0 Å². The van der Waals surface area contributed by atoms with E-state index in [-0.39, 0.29) is 6.10 Å². The molecule has 2 heterocycles. The van der Waals surface area contributed by atoms with E-state index in [1.54, 1.807) is 12.4 Å². The molecule has 1 aliphatic rings. The second kappa shape index (κ2) is 5.36. The van der Waals surface area contributed by atoms with Crippen LogP contribution >= 0.6 is 0 Å². The lowest BCUT2D eigenvalue weighted by molar-refractivity contribution is 0.221. The van der Waals surface area contributed by atoms with Crippen molar-refractivity contribution >= 4 is 0 Å². The maximum absolute atomic E-state index is 5.80. The lowest BCUT2D eigenvalue weighted by atomic mass is 10.1. The third kappa shape index (κ3) is 2.90. The van der Waals surface area contributed by atoms with Gasteiger partial charge in [-0.05, 0) is 26.0 Å². The number of ether oxygens (including phenoxy) is 1. The zero-order valence-electron chi connectivity index (χ0n) is 11.0. The lowest BCUT2D eigenvalue weighted by Gasteiger charge is -2.11. The van der Waals surface area contributed by atoms with Crippen molar-refractivity contribution in [2.75, 3.05) is 13.1 Å². The van der Waals surface area contributed by atoms with E-state index in [0.29, 0.717) is 0 Å². The van der Waals surface area contributed by atoms with Crippen molar-refractivity contribution in [1.29, 1.82) is 0 Å². The summed E-state index contributed by atoms with van der Waals surface area (Å²) in [4.78, 5) is 8.75. The quantitative estimate of drug-likeness (QED) is 0.913. The van der Waals surface area contributed by atoms with E-state index in [1.807, 2.05) is 12.1 Å². The Balaban J connectivity index is 1.74. The highest BCUT2D eigenvalue weighted by molar-refractivity contribution is 5.55. The molecule has 19 heavy (non-hydrogen) atoms. The molecule has 2 aromatic rings. The number of nitrogens with zero attached hydrogens (tertiary/aromatic N) is 2. The van der Waals surface area contributed by atoms with Crippen molar-refractivity contribution in [1.82, 2.24) is 15.3 Å². The van der Waals surface area contributed by atoms with Crippen molar-refractivity contribution in [3.05, 3.63) is 42.2 Å². The monoisotopic (exact) mass is 255 g/mol. The summed E-state index contributed by atoms with van der Waals surface area (Å²) in [5.41, 5.74) is 2.24. The molecule has 1 saturated heterocycles. The fourth-order valence-corrected chi connectivity index (χ4v) is 2.23. The zero-order chi connectivity index (χ0) is 13.1. The van der Waals surface area contributed by atoms with E-state index in [4.69, 9.17) is 4.74 Å². The van der Waals surface area contributed by atoms with Crippen LogP contribution in [0.3, 0.4) is 0 Å². The van der Waals surface area contributed by atoms with Crippen molar-refractivity contribution in [3.8, 4) is 17.1 Å². The van der Waals surface area contributed by atoms with Gasteiger partial charge in [-0.3, -0.25) is 0 Å². The molecule has 1 aromatic carbocycles. The molecule has 1 atom stereocenters. The summed E-state index contributed by atoms with van der Waals surface area (Å²) < 4.78 is 5.80. The fourth-order valence-electron chi connectivity index (χ4n) is 2.23. The first-order valence-electron chi connectivity index (χ1n) is 6.58. The highest BCUT2D eigenvalue weighted by Gasteiger charge is 2.16. The topological polar surface area (TPSA) is 47.0 Å². The minimum absolute atomic E-state index is 0.244. The van der Waals surface area contributed by atoms with Crippen LogP contribution in [0.2, 0.25) is 0 Å². The molecule has 1 fully saturated rings. The molecule has 0 bridgehead atoms. The van der Waals surface area contributed by atoms with E-state index < -0.39 is 0 Å². The van der Waals surface area contributed by atoms with E-state index in [2.05, 4.69) is 34.3 Å². The summed E-state index contributed by atoms with van der Waals surface area (Å²) in [5, 5.41) is 3.27. The summed E-state index contributed by atoms with van der Waals surface area (Å²) in [5.74, 6) is 1.48. The van der Waals surface area contributed by atoms with Gasteiger partial charge in [0.15, 0.2) is 11.6 Å². The summed E-state index contributed by atoms with van der Waals surface area (Å²) in [6.45, 7) is 3.99. The summed E-state index contributed by atoms with van der Waals surface area (Å²) in [6.07, 6.45) is 4.79. The van der Waals surface area contributed by atoms with Gasteiger partial charge in [0.2, 0.25) is 0 Å². The Kier molecular flexibility index (Phi) is 3.42. The minimum atomic E-state index is 0.244. The van der Waals surface area contributed by atoms with Gasteiger partial charge in [-0.2, -0.15) is 0 Å². The van der Waals surface area contributed by atoms with E-state index in [9.17, 15) is 0 Å². The van der Waals surface area contributed by atoms with Crippen LogP contribution in [0.5, 0.6) is 5.75 Å². The van der Waals surface area contributed by atoms with Crippen LogP contribution in [0.4, 0.5) is 0 Å². The first-order valence-corrected chi connectivity index (χ1v) is 6.58. The number of aromatic nitrogens is 2. The molecule has 3 rings (SSSR count). The van der Waals surface area contributed by atoms with Crippen LogP contribution in [-0.4, -0.2) is 29.2 Å². The van der Waals surface area contributed by atoms with E-state index in [1.165, 1.54) is 5.56 Å². The maximum Gasteiger partial charge on any atom is 0.159 e. The van der Waals surface area contributed by atoms with Gasteiger partial charge in [-0.25, -0.2) is 9.97 Å². The average Bonchev–Trinajstić information content (AvgIpc) is 2.92. The van der Waals surface area contributed by atoms with Crippen molar-refractivity contribution in [2.45, 2.75) is 19.4 Å². The number of nitrogens with one attached hydrogen (secondary N) is 1. The van der Waals surface area contributed by atoms with Crippen LogP contribution in [0.25, 0.3) is 11.4 Å². The van der Waals surface area contributed by atoms with Crippen molar-refractivity contribution < 1.29 is 4.74 Å². The molecule has 1 N–H and O–H groups in total. The molecule has 0 radical (unpaired) electrons. The molecule has 1 aliphatic heterocycles. The van der Waals surface area contributed by atoms with Gasteiger partial charge in [-0.1, -0.05) is 23.8 Å². The van der Waals surface area contributed by atoms with Crippen LogP contribution in [0, 0.1) is 6.92 Å². The standard InChI is InChI=1S/C15H17N3O/c1-11-3-2-4-12(7-11)15-17-9-14(10-18-15)19-13-5-6-16-8-13/h2-4,7,9-10,13,16H,5-6,8H2,1H3. The first kappa shape index (κ1) is 12.1. The average molecular weight is 255 g/mol. The molecule has 4 heteroatoms. The Morgan fingerprint density at radius 2 is 2.11 bits per heavy atom. The molecule has 0 aliphatic carbocycles. The van der Waals surface area contributed by atoms with Crippen molar-refractivity contribution in [3.63, 3.8) is 0 Å². The van der Waals surface area contributed by atoms with Gasteiger partial charge in [0, 0.05) is 12.1 Å². The highest BCUT2D eigenvalue weighted by atomic mass is 16.5. The Morgan fingerprint density at radius 3 is 2.79 bits per heavy atom. The fraction of sp³-hybridized carbons (Fsp3) is 0.333. The maximum atomic E-state index is 5.80. The molecule has 0 spiro atoms. The molecule has 0 amide bonds. The van der Waals surface area contributed by atoms with Crippen LogP contribution in [0.1, 0.15) is 12.0 Å². The summed E-state index contributed by atoms with van der Waals surface area (Å²) >= 11 is 0. The molecule has 1 unspecified atom stereocenters. The molecule has 4 nitrogen and oxygen atoms in total. The smallest absolute Gasteiger partial charge is 0.159 e. The Bertz CT molecular complexity index is 548. The van der Waals surface area contributed by atoms with Crippen LogP contribution in [0.15, 0.2) is 36.7 Å². The van der Waals surface area contributed by atoms with Gasteiger partial charge in [0.05, 0.1) is 12.4 Å². The number of rotatable bonds is 3. The summed E-state index contributed by atoms with van der Waals surface area (Å²) in [6, 6.07) is 8.18. The Morgan fingerprint density at radius 1 is 1.26 bits per heavy atom. The Labute approximate surface area is 112 Å². The number of aryl methyl sites for hydroxylation is 1. The molecular formula is C15H17N3O. The van der Waals surface area contributed by atoms with Gasteiger partial charge in [-0.15, -0.1) is 0 Å². The summed E-state index contributed by atoms with van der Waals surface area (Å²) in [7, 11) is 0. The number of hydrogen-bond acceptors (Lipinski definition) is 4. The normalized spacial score (nSPS) is 18.5. The first-order chi connectivity index (χ1) is 9.31. The largest absolute Gasteiger partial charge is 0.486 e. The SMILES string of the molecule is Cc1cccc(-c2ncc(OC3CCNC3)cn2)c1. The second-order valence-electron chi connectivity index (χ2n) is 4.84. The van der Waals surface area contributed by atoms with Crippen LogP contribution < -0.4 is 10.1 Å². The molecule has 0 saturated carbocycles. The van der Waals surface area contributed by atoms with Crippen LogP contribution in [-0.2, 0) is 0 Å². The molecular weight excluding hydrogens is 238 g/mol. The molecule has 98 valence electrons. The highest BCUT2D eigenvalue weighted by Crippen LogP contribution is 2.18. The van der Waals surface area contributed by atoms with Crippen molar-refractivity contribution in [2.24, 2.45) is 0 Å².